The van der Waals surface area contributed by atoms with Crippen LogP contribution >= 0.6 is 0 Å². The molecule has 0 bridgehead atoms. The van der Waals surface area contributed by atoms with Gasteiger partial charge in [-0.1, -0.05) is 24.3 Å². The average Bonchev–Trinajstić information content (AvgIpc) is 3.18. The highest BCUT2D eigenvalue weighted by atomic mass is 19.1. The topological polar surface area (TPSA) is 56.1 Å². The van der Waals surface area contributed by atoms with E-state index in [1.807, 2.05) is 28.8 Å². The lowest BCUT2D eigenvalue weighted by atomic mass is 10.1. The fraction of sp³-hybridized carbons (Fsp3) is 0.167. The zero-order valence-electron chi connectivity index (χ0n) is 16.7. The van der Waals surface area contributed by atoms with Gasteiger partial charge in [-0.3, -0.25) is 4.79 Å². The Hall–Kier alpha value is -3.74. The van der Waals surface area contributed by atoms with Crippen LogP contribution in [0.25, 0.3) is 11.0 Å². The maximum absolute atomic E-state index is 13.4. The molecule has 1 aromatic heterocycles. The van der Waals surface area contributed by atoms with Crippen molar-refractivity contribution in [1.29, 1.82) is 0 Å². The third kappa shape index (κ3) is 5.25. The van der Waals surface area contributed by atoms with Crippen LogP contribution in [0.5, 0.6) is 5.75 Å². The number of nitrogens with one attached hydrogen (secondary N) is 1. The van der Waals surface area contributed by atoms with Crippen molar-refractivity contribution < 1.29 is 18.3 Å². The number of hydrogen-bond donors (Lipinski definition) is 1. The minimum absolute atomic E-state index is 0.125. The molecule has 4 aromatic rings. The van der Waals surface area contributed by atoms with E-state index in [-0.39, 0.29) is 36.6 Å². The second-order valence-electron chi connectivity index (χ2n) is 7.11. The Kier molecular flexibility index (Phi) is 6.21. The number of hydrogen-bond acceptors (Lipinski definition) is 3. The number of aromatic nitrogens is 2. The van der Waals surface area contributed by atoms with Crippen molar-refractivity contribution in [2.24, 2.45) is 0 Å². The molecule has 7 heteroatoms. The van der Waals surface area contributed by atoms with E-state index in [1.165, 1.54) is 36.4 Å². The van der Waals surface area contributed by atoms with Crippen LogP contribution in [0.3, 0.4) is 0 Å². The van der Waals surface area contributed by atoms with Gasteiger partial charge in [-0.15, -0.1) is 0 Å². The number of carbonyl (C=O) groups excluding carboxylic acids is 1. The number of para-hydroxylation sites is 2. The van der Waals surface area contributed by atoms with E-state index < -0.39 is 0 Å². The van der Waals surface area contributed by atoms with E-state index in [1.54, 1.807) is 18.5 Å². The number of rotatable bonds is 8. The predicted octanol–water partition coefficient (Wildman–Crippen LogP) is 4.64. The molecule has 0 spiro atoms. The Morgan fingerprint density at radius 2 is 1.65 bits per heavy atom. The summed E-state index contributed by atoms with van der Waals surface area (Å²) in [7, 11) is 0. The molecule has 3 aromatic carbocycles. The first-order valence-electron chi connectivity index (χ1n) is 9.91. The molecule has 5 nitrogen and oxygen atoms in total. The first-order valence-corrected chi connectivity index (χ1v) is 9.91. The number of fused-ring (bicyclic) bond motifs is 1. The zero-order chi connectivity index (χ0) is 21.6. The molecule has 0 saturated heterocycles. The molecule has 1 heterocycles. The van der Waals surface area contributed by atoms with Crippen LogP contribution < -0.4 is 10.1 Å². The Labute approximate surface area is 178 Å². The molecule has 158 valence electrons. The maximum atomic E-state index is 13.4. The smallest absolute Gasteiger partial charge is 0.223 e. The minimum atomic E-state index is -0.378. The summed E-state index contributed by atoms with van der Waals surface area (Å²) in [5.74, 6) is -0.399. The highest BCUT2D eigenvalue weighted by Gasteiger charge is 2.17. The van der Waals surface area contributed by atoms with E-state index in [9.17, 15) is 13.6 Å². The van der Waals surface area contributed by atoms with Gasteiger partial charge in [0.15, 0.2) is 0 Å². The van der Waals surface area contributed by atoms with E-state index in [4.69, 9.17) is 4.74 Å². The largest absolute Gasteiger partial charge is 0.493 e. The Bertz CT molecular complexity index is 1160. The fourth-order valence-electron chi connectivity index (χ4n) is 3.34. The summed E-state index contributed by atoms with van der Waals surface area (Å²) in [6.07, 6.45) is 1.85. The number of nitrogens with zero attached hydrogens (tertiary/aromatic N) is 2. The summed E-state index contributed by atoms with van der Waals surface area (Å²) in [5.41, 5.74) is 2.59. The molecule has 1 amide bonds. The van der Waals surface area contributed by atoms with Gasteiger partial charge in [-0.05, 0) is 54.1 Å². The number of amides is 1. The molecule has 0 aliphatic carbocycles. The summed E-state index contributed by atoms with van der Waals surface area (Å²) in [5, 5.41) is 3.00. The van der Waals surface area contributed by atoms with Gasteiger partial charge in [-0.2, -0.15) is 0 Å². The first-order chi connectivity index (χ1) is 15.1. The number of benzene rings is 3. The number of carbonyl (C=O) groups is 1. The standard InChI is InChI=1S/C24H21F2N3O2/c25-18-7-5-17(6-8-18)22(15-29-16-27-21-3-1-2-4-23(21)29)28-24(30)13-14-31-20-11-9-19(26)10-12-20/h1-12,16,22H,13-15H2,(H,28,30). The quantitative estimate of drug-likeness (QED) is 0.451. The van der Waals surface area contributed by atoms with E-state index in [2.05, 4.69) is 10.3 Å². The van der Waals surface area contributed by atoms with Gasteiger partial charge in [0, 0.05) is 6.54 Å². The molecule has 4 rings (SSSR count). The molecule has 1 unspecified atom stereocenters. The Morgan fingerprint density at radius 1 is 0.968 bits per heavy atom. The van der Waals surface area contributed by atoms with Crippen molar-refractivity contribution in [2.75, 3.05) is 6.61 Å². The van der Waals surface area contributed by atoms with Crippen LogP contribution in [0.4, 0.5) is 8.78 Å². The number of imidazole rings is 1. The van der Waals surface area contributed by atoms with E-state index in [0.717, 1.165) is 16.6 Å². The highest BCUT2D eigenvalue weighted by Crippen LogP contribution is 2.20. The van der Waals surface area contributed by atoms with Gasteiger partial charge in [-0.25, -0.2) is 13.8 Å². The van der Waals surface area contributed by atoms with Crippen LogP contribution in [0, 0.1) is 11.6 Å². The van der Waals surface area contributed by atoms with Gasteiger partial charge in [0.2, 0.25) is 5.91 Å². The van der Waals surface area contributed by atoms with Gasteiger partial charge in [0.25, 0.3) is 0 Å². The minimum Gasteiger partial charge on any atom is -0.493 e. The maximum Gasteiger partial charge on any atom is 0.223 e. The van der Waals surface area contributed by atoms with Crippen molar-refractivity contribution >= 4 is 16.9 Å². The van der Waals surface area contributed by atoms with Crippen molar-refractivity contribution in [3.05, 3.63) is 96.3 Å². The molecule has 0 fully saturated rings. The zero-order valence-corrected chi connectivity index (χ0v) is 16.7. The summed E-state index contributed by atoms with van der Waals surface area (Å²) < 4.78 is 33.8. The Balaban J connectivity index is 1.44. The second kappa shape index (κ2) is 9.38. The van der Waals surface area contributed by atoms with Gasteiger partial charge in [0.1, 0.15) is 17.4 Å². The number of ether oxygens (including phenoxy) is 1. The van der Waals surface area contributed by atoms with Crippen molar-refractivity contribution in [2.45, 2.75) is 19.0 Å². The molecule has 0 aliphatic heterocycles. The van der Waals surface area contributed by atoms with Crippen LogP contribution in [0.1, 0.15) is 18.0 Å². The molecule has 1 N–H and O–H groups in total. The number of halogens is 2. The molecular weight excluding hydrogens is 400 g/mol. The lowest BCUT2D eigenvalue weighted by molar-refractivity contribution is -0.122. The molecule has 0 radical (unpaired) electrons. The summed E-state index contributed by atoms with van der Waals surface area (Å²) in [4.78, 5) is 17.0. The lowest BCUT2D eigenvalue weighted by Gasteiger charge is -2.20. The van der Waals surface area contributed by atoms with E-state index in [0.29, 0.717) is 12.3 Å². The van der Waals surface area contributed by atoms with Crippen LogP contribution in [-0.4, -0.2) is 22.1 Å². The lowest BCUT2D eigenvalue weighted by Crippen LogP contribution is -2.32. The van der Waals surface area contributed by atoms with Crippen LogP contribution in [0.2, 0.25) is 0 Å². The molecule has 31 heavy (non-hydrogen) atoms. The molecular formula is C24H21F2N3O2. The predicted molar refractivity (Wildman–Crippen MR) is 114 cm³/mol. The third-order valence-electron chi connectivity index (χ3n) is 4.93. The SMILES string of the molecule is O=C(CCOc1ccc(F)cc1)NC(Cn1cnc2ccccc21)c1ccc(F)cc1. The van der Waals surface area contributed by atoms with Gasteiger partial charge < -0.3 is 14.6 Å². The normalized spacial score (nSPS) is 11.9. The fourth-order valence-corrected chi connectivity index (χ4v) is 3.34. The van der Waals surface area contributed by atoms with Crippen LogP contribution in [0.15, 0.2) is 79.1 Å². The summed E-state index contributed by atoms with van der Waals surface area (Å²) >= 11 is 0. The van der Waals surface area contributed by atoms with Gasteiger partial charge >= 0.3 is 0 Å². The summed E-state index contributed by atoms with van der Waals surface area (Å²) in [6, 6.07) is 19.0. The van der Waals surface area contributed by atoms with Crippen molar-refractivity contribution in [3.8, 4) is 5.75 Å². The monoisotopic (exact) mass is 421 g/mol. The van der Waals surface area contributed by atoms with Gasteiger partial charge in [0.05, 0.1) is 36.4 Å². The molecule has 0 saturated carbocycles. The van der Waals surface area contributed by atoms with Crippen molar-refractivity contribution in [1.82, 2.24) is 14.9 Å². The summed E-state index contributed by atoms with van der Waals surface area (Å²) in [6.45, 7) is 0.596. The average molecular weight is 421 g/mol. The molecule has 0 aliphatic rings. The first kappa shape index (κ1) is 20.5. The van der Waals surface area contributed by atoms with Crippen LogP contribution in [-0.2, 0) is 11.3 Å². The molecule has 1 atom stereocenters. The third-order valence-corrected chi connectivity index (χ3v) is 4.93. The van der Waals surface area contributed by atoms with Crippen molar-refractivity contribution in [3.63, 3.8) is 0 Å². The van der Waals surface area contributed by atoms with E-state index >= 15 is 0 Å². The second-order valence-corrected chi connectivity index (χ2v) is 7.11. The highest BCUT2D eigenvalue weighted by molar-refractivity contribution is 5.77. The Morgan fingerprint density at radius 3 is 2.39 bits per heavy atom.